The summed E-state index contributed by atoms with van der Waals surface area (Å²) in [5.41, 5.74) is 0. The van der Waals surface area contributed by atoms with Crippen molar-refractivity contribution >= 4 is 16.2 Å². The minimum Gasteiger partial charge on any atom is -0.482 e. The predicted octanol–water partition coefficient (Wildman–Crippen LogP) is 4.29. The van der Waals surface area contributed by atoms with E-state index < -0.39 is 33.4 Å². The normalized spacial score (nSPS) is 15.3. The summed E-state index contributed by atoms with van der Waals surface area (Å²) in [5, 5.41) is 0. The molecule has 1 rings (SSSR count). The van der Waals surface area contributed by atoms with E-state index in [4.69, 9.17) is 0 Å². The molecule has 0 radical (unpaired) electrons. The average molecular weight is 306 g/mol. The Morgan fingerprint density at radius 1 is 1.21 bits per heavy atom. The number of carbonyl (C=O) groups is 1. The van der Waals surface area contributed by atoms with Crippen LogP contribution in [0.3, 0.4) is 0 Å². The summed E-state index contributed by atoms with van der Waals surface area (Å²) in [6.07, 6.45) is 0. The van der Waals surface area contributed by atoms with Crippen LogP contribution in [0.25, 0.3) is 0 Å². The molecule has 0 saturated heterocycles. The Morgan fingerprint density at radius 3 is 2.37 bits per heavy atom. The fourth-order valence-electron chi connectivity index (χ4n) is 1.15. The highest BCUT2D eigenvalue weighted by Crippen LogP contribution is 3.02. The quantitative estimate of drug-likeness (QED) is 0.601. The van der Waals surface area contributed by atoms with Gasteiger partial charge in [-0.3, -0.25) is 0 Å². The van der Waals surface area contributed by atoms with E-state index >= 15 is 0 Å². The molecule has 0 saturated carbocycles. The Bertz CT molecular complexity index is 485. The Morgan fingerprint density at radius 2 is 1.84 bits per heavy atom. The number of esters is 1. The first-order valence-electron chi connectivity index (χ1n) is 5.05. The third-order valence-corrected chi connectivity index (χ3v) is 3.06. The monoisotopic (exact) mass is 306 g/mol. The van der Waals surface area contributed by atoms with Crippen molar-refractivity contribution in [1.82, 2.24) is 0 Å². The van der Waals surface area contributed by atoms with Gasteiger partial charge in [0.25, 0.3) is 0 Å². The third-order valence-electron chi connectivity index (χ3n) is 1.91. The van der Waals surface area contributed by atoms with Gasteiger partial charge in [-0.15, -0.1) is 0 Å². The van der Waals surface area contributed by atoms with Crippen molar-refractivity contribution in [2.45, 2.75) is 11.8 Å². The van der Waals surface area contributed by atoms with Crippen molar-refractivity contribution < 1.29 is 33.7 Å². The molecule has 0 aliphatic rings. The molecule has 0 aliphatic heterocycles. The highest BCUT2D eigenvalue weighted by atomic mass is 32.5. The van der Waals surface area contributed by atoms with Gasteiger partial charge in [0.1, 0.15) is 10.6 Å². The predicted molar refractivity (Wildman–Crippen MR) is 60.0 cm³/mol. The topological polar surface area (TPSA) is 35.5 Å². The second-order valence-corrected chi connectivity index (χ2v) is 5.95. The minimum atomic E-state index is -9.74. The van der Waals surface area contributed by atoms with Crippen molar-refractivity contribution in [3.63, 3.8) is 0 Å². The molecule has 0 amide bonds. The fourth-order valence-corrected chi connectivity index (χ4v) is 1.82. The van der Waals surface area contributed by atoms with E-state index in [1.807, 2.05) is 0 Å². The first kappa shape index (κ1) is 15.5. The van der Waals surface area contributed by atoms with Crippen molar-refractivity contribution in [1.29, 1.82) is 0 Å². The van der Waals surface area contributed by atoms with Gasteiger partial charge < -0.3 is 9.47 Å². The maximum atomic E-state index is 12.5. The van der Waals surface area contributed by atoms with Crippen LogP contribution in [0.4, 0.5) is 19.4 Å². The second-order valence-electron chi connectivity index (χ2n) is 3.54. The van der Waals surface area contributed by atoms with Crippen LogP contribution in [0.5, 0.6) is 5.75 Å². The molecule has 0 atom stereocenters. The molecule has 110 valence electrons. The highest BCUT2D eigenvalue weighted by molar-refractivity contribution is 8.45. The van der Waals surface area contributed by atoms with E-state index in [0.29, 0.717) is 0 Å². The number of hydrogen-bond acceptors (Lipinski definition) is 3. The number of ether oxygens (including phenoxy) is 2. The van der Waals surface area contributed by atoms with E-state index in [1.54, 1.807) is 0 Å². The van der Waals surface area contributed by atoms with Crippen LogP contribution in [0.15, 0.2) is 29.2 Å². The maximum absolute atomic E-state index is 12.5. The molecule has 1 aromatic rings. The minimum absolute atomic E-state index is 0.0771. The lowest BCUT2D eigenvalue weighted by Gasteiger charge is -2.40. The second kappa shape index (κ2) is 4.26. The number of benzene rings is 1. The molecule has 0 fully saturated rings. The fraction of sp³-hybridized carbons (Fsp3) is 0.300. The van der Waals surface area contributed by atoms with Crippen LogP contribution in [0.2, 0.25) is 0 Å². The van der Waals surface area contributed by atoms with Crippen LogP contribution in [0, 0.1) is 0 Å². The van der Waals surface area contributed by atoms with Gasteiger partial charge in [-0.05, 0) is 19.1 Å². The van der Waals surface area contributed by atoms with Gasteiger partial charge in [0.05, 0.1) is 6.61 Å². The number of rotatable bonds is 5. The zero-order chi connectivity index (χ0) is 14.8. The third kappa shape index (κ3) is 4.93. The summed E-state index contributed by atoms with van der Waals surface area (Å²) in [6.45, 7) is 0.956. The lowest BCUT2D eigenvalue weighted by molar-refractivity contribution is -0.145. The summed E-state index contributed by atoms with van der Waals surface area (Å²) in [6, 6.07) is 2.21. The van der Waals surface area contributed by atoms with E-state index in [-0.39, 0.29) is 18.7 Å². The molecule has 3 nitrogen and oxygen atoms in total. The smallest absolute Gasteiger partial charge is 0.344 e. The molecule has 9 heteroatoms. The highest BCUT2D eigenvalue weighted by Gasteiger charge is 2.65. The molecule has 0 bridgehead atoms. The molecule has 1 aromatic carbocycles. The molecule has 0 heterocycles. The molecule has 19 heavy (non-hydrogen) atoms. The molecule has 0 aromatic heterocycles. The molecular weight excluding hydrogens is 295 g/mol. The lowest BCUT2D eigenvalue weighted by atomic mass is 10.3. The van der Waals surface area contributed by atoms with Gasteiger partial charge in [-0.1, -0.05) is 25.5 Å². The van der Waals surface area contributed by atoms with Crippen LogP contribution in [-0.4, -0.2) is 19.2 Å². The molecule has 0 aliphatic carbocycles. The van der Waals surface area contributed by atoms with Gasteiger partial charge in [-0.2, -0.15) is 0 Å². The van der Waals surface area contributed by atoms with Crippen molar-refractivity contribution in [3.8, 4) is 5.75 Å². The van der Waals surface area contributed by atoms with Gasteiger partial charge in [-0.25, -0.2) is 4.79 Å². The van der Waals surface area contributed by atoms with Crippen molar-refractivity contribution in [2.75, 3.05) is 13.2 Å². The Labute approximate surface area is 106 Å². The first-order chi connectivity index (χ1) is 8.42. The van der Waals surface area contributed by atoms with Crippen LogP contribution < -0.4 is 4.74 Å². The molecule has 0 N–H and O–H groups in total. The lowest BCUT2D eigenvalue weighted by Crippen LogP contribution is -2.15. The van der Waals surface area contributed by atoms with E-state index in [1.165, 1.54) is 6.92 Å². The summed E-state index contributed by atoms with van der Waals surface area (Å²) in [4.78, 5) is 8.85. The van der Waals surface area contributed by atoms with Gasteiger partial charge >= 0.3 is 16.2 Å². The van der Waals surface area contributed by atoms with Crippen LogP contribution in [-0.2, 0) is 9.53 Å². The van der Waals surface area contributed by atoms with Crippen LogP contribution in [0.1, 0.15) is 6.92 Å². The Kier molecular flexibility index (Phi) is 3.48. The zero-order valence-electron chi connectivity index (χ0n) is 9.75. The van der Waals surface area contributed by atoms with E-state index in [9.17, 15) is 24.2 Å². The first-order valence-corrected chi connectivity index (χ1v) is 7.00. The molecule has 0 unspecified atom stereocenters. The van der Waals surface area contributed by atoms with Gasteiger partial charge in [0.15, 0.2) is 6.61 Å². The summed E-state index contributed by atoms with van der Waals surface area (Å²) >= 11 is 0. The average Bonchev–Trinajstić information content (AvgIpc) is 2.24. The van der Waals surface area contributed by atoms with Gasteiger partial charge in [0, 0.05) is 6.07 Å². The Balaban J connectivity index is 2.88. The summed E-state index contributed by atoms with van der Waals surface area (Å²) in [5.74, 6) is -1.29. The van der Waals surface area contributed by atoms with E-state index in [0.717, 1.165) is 12.1 Å². The maximum Gasteiger partial charge on any atom is 0.344 e. The van der Waals surface area contributed by atoms with Gasteiger partial charge in [0.2, 0.25) is 0 Å². The molecular formula is C10H11F5O3S. The van der Waals surface area contributed by atoms with Crippen molar-refractivity contribution in [3.05, 3.63) is 24.3 Å². The van der Waals surface area contributed by atoms with Crippen molar-refractivity contribution in [2.24, 2.45) is 0 Å². The standard InChI is InChI=1S/C10H11F5O3S/c1-2-17-10(16)7-18-8-4-3-5-9(6-8)19(11,12,13,14)15/h3-6H,2,7H2,1H3. The number of hydrogen-bond donors (Lipinski definition) is 0. The SMILES string of the molecule is CCOC(=O)COc1cccc(S(F)(F)(F)(F)F)c1. The molecule has 0 spiro atoms. The van der Waals surface area contributed by atoms with E-state index in [2.05, 4.69) is 9.47 Å². The van der Waals surface area contributed by atoms with Crippen LogP contribution >= 0.6 is 10.2 Å². The number of halogens is 5. The summed E-state index contributed by atoms with van der Waals surface area (Å²) in [7, 11) is -9.74. The Hall–Kier alpha value is -1.51. The number of carbonyl (C=O) groups excluding carboxylic acids is 1. The summed E-state index contributed by atoms with van der Waals surface area (Å²) < 4.78 is 71.6. The largest absolute Gasteiger partial charge is 0.482 e. The zero-order valence-corrected chi connectivity index (χ0v) is 10.6.